The summed E-state index contributed by atoms with van der Waals surface area (Å²) in [7, 11) is 0. The number of benzene rings is 1. The van der Waals surface area contributed by atoms with Crippen molar-refractivity contribution in [1.82, 2.24) is 0 Å². The van der Waals surface area contributed by atoms with Gasteiger partial charge in [-0.1, -0.05) is 30.3 Å². The van der Waals surface area contributed by atoms with Gasteiger partial charge in [0, 0.05) is 0 Å². The van der Waals surface area contributed by atoms with E-state index < -0.39 is 0 Å². The minimum Gasteiger partial charge on any atom is -0.465 e. The zero-order chi connectivity index (χ0) is 10.7. The van der Waals surface area contributed by atoms with E-state index in [2.05, 4.69) is 12.1 Å². The smallest absolute Gasteiger partial charge is 0.121 e. The summed E-state index contributed by atoms with van der Waals surface area (Å²) in [6, 6.07) is 14.0. The van der Waals surface area contributed by atoms with Gasteiger partial charge < -0.3 is 10.2 Å². The molecule has 1 aromatic heterocycles. The molecule has 1 unspecified atom stereocenters. The lowest BCUT2D eigenvalue weighted by Gasteiger charge is -2.08. The van der Waals surface area contributed by atoms with Crippen molar-refractivity contribution in [2.24, 2.45) is 5.73 Å². The van der Waals surface area contributed by atoms with Gasteiger partial charge in [-0.3, -0.25) is 0 Å². The first kappa shape index (κ1) is 9.99. The maximum Gasteiger partial charge on any atom is 0.121 e. The van der Waals surface area contributed by atoms with Gasteiger partial charge in [-0.05, 0) is 31.0 Å². The molecule has 2 N–H and O–H groups in total. The van der Waals surface area contributed by atoms with E-state index in [4.69, 9.17) is 10.2 Å². The molecule has 2 rings (SSSR count). The summed E-state index contributed by atoms with van der Waals surface area (Å²) in [5, 5.41) is 0. The Balaban J connectivity index is 2.07. The highest BCUT2D eigenvalue weighted by atomic mass is 16.3. The zero-order valence-electron chi connectivity index (χ0n) is 8.81. The standard InChI is InChI=1S/C13H15NO/c1-10-7-8-13(15-10)12(14)9-11-5-3-2-4-6-11/h2-8,12H,9,14H2,1H3. The third kappa shape index (κ3) is 2.48. The van der Waals surface area contributed by atoms with E-state index >= 15 is 0 Å². The van der Waals surface area contributed by atoms with Crippen molar-refractivity contribution < 1.29 is 4.42 Å². The van der Waals surface area contributed by atoms with E-state index in [0.29, 0.717) is 0 Å². The molecule has 0 bridgehead atoms. The second kappa shape index (κ2) is 4.32. The maximum atomic E-state index is 6.05. The fourth-order valence-electron chi connectivity index (χ4n) is 1.62. The van der Waals surface area contributed by atoms with E-state index in [1.807, 2.05) is 37.3 Å². The van der Waals surface area contributed by atoms with Crippen LogP contribution in [0, 0.1) is 6.92 Å². The van der Waals surface area contributed by atoms with Crippen molar-refractivity contribution in [2.45, 2.75) is 19.4 Å². The fraction of sp³-hybridized carbons (Fsp3) is 0.231. The van der Waals surface area contributed by atoms with Gasteiger partial charge in [0.25, 0.3) is 0 Å². The third-order valence-corrected chi connectivity index (χ3v) is 2.43. The summed E-state index contributed by atoms with van der Waals surface area (Å²) in [5.74, 6) is 1.77. The van der Waals surface area contributed by atoms with Crippen molar-refractivity contribution in [1.29, 1.82) is 0 Å². The Labute approximate surface area is 89.7 Å². The highest BCUT2D eigenvalue weighted by molar-refractivity contribution is 5.18. The van der Waals surface area contributed by atoms with Gasteiger partial charge in [-0.15, -0.1) is 0 Å². The molecule has 0 aliphatic rings. The minimum atomic E-state index is -0.0545. The molecule has 1 heterocycles. The normalized spacial score (nSPS) is 12.7. The van der Waals surface area contributed by atoms with E-state index in [0.717, 1.165) is 17.9 Å². The Morgan fingerprint density at radius 1 is 1.13 bits per heavy atom. The van der Waals surface area contributed by atoms with Crippen LogP contribution in [0.1, 0.15) is 23.1 Å². The lowest BCUT2D eigenvalue weighted by Crippen LogP contribution is -2.12. The van der Waals surface area contributed by atoms with Crippen molar-refractivity contribution >= 4 is 0 Å². The minimum absolute atomic E-state index is 0.0545. The third-order valence-electron chi connectivity index (χ3n) is 2.43. The largest absolute Gasteiger partial charge is 0.465 e. The summed E-state index contributed by atoms with van der Waals surface area (Å²) in [4.78, 5) is 0. The molecular weight excluding hydrogens is 186 g/mol. The predicted molar refractivity (Wildman–Crippen MR) is 60.5 cm³/mol. The van der Waals surface area contributed by atoms with Crippen LogP contribution in [0.15, 0.2) is 46.9 Å². The number of hydrogen-bond donors (Lipinski definition) is 1. The molecule has 0 aliphatic carbocycles. The number of nitrogens with two attached hydrogens (primary N) is 1. The van der Waals surface area contributed by atoms with Gasteiger partial charge in [0.05, 0.1) is 6.04 Å². The average Bonchev–Trinajstić information content (AvgIpc) is 2.66. The Kier molecular flexibility index (Phi) is 2.88. The van der Waals surface area contributed by atoms with Crippen LogP contribution in [-0.4, -0.2) is 0 Å². The van der Waals surface area contributed by atoms with Gasteiger partial charge >= 0.3 is 0 Å². The molecule has 0 fully saturated rings. The summed E-state index contributed by atoms with van der Waals surface area (Å²) in [6.45, 7) is 1.93. The first-order valence-electron chi connectivity index (χ1n) is 5.11. The van der Waals surface area contributed by atoms with Gasteiger partial charge in [0.15, 0.2) is 0 Å². The molecular formula is C13H15NO. The Bertz CT molecular complexity index is 419. The van der Waals surface area contributed by atoms with Crippen LogP contribution in [0.25, 0.3) is 0 Å². The molecule has 1 atom stereocenters. The van der Waals surface area contributed by atoms with E-state index in [1.54, 1.807) is 0 Å². The highest BCUT2D eigenvalue weighted by Gasteiger charge is 2.10. The molecule has 0 saturated heterocycles. The topological polar surface area (TPSA) is 39.2 Å². The molecule has 15 heavy (non-hydrogen) atoms. The SMILES string of the molecule is Cc1ccc(C(N)Cc2ccccc2)o1. The molecule has 1 aromatic carbocycles. The summed E-state index contributed by atoms with van der Waals surface area (Å²) in [5.41, 5.74) is 7.28. The lowest BCUT2D eigenvalue weighted by molar-refractivity contribution is 0.445. The number of rotatable bonds is 3. The molecule has 2 aromatic rings. The zero-order valence-corrected chi connectivity index (χ0v) is 8.81. The van der Waals surface area contributed by atoms with Gasteiger partial charge in [-0.2, -0.15) is 0 Å². The van der Waals surface area contributed by atoms with Crippen molar-refractivity contribution in [3.8, 4) is 0 Å². The number of aryl methyl sites for hydroxylation is 1. The Hall–Kier alpha value is -1.54. The second-order valence-electron chi connectivity index (χ2n) is 3.74. The van der Waals surface area contributed by atoms with Crippen molar-refractivity contribution in [2.75, 3.05) is 0 Å². The van der Waals surface area contributed by atoms with Crippen molar-refractivity contribution in [3.05, 3.63) is 59.5 Å². The van der Waals surface area contributed by atoms with E-state index in [9.17, 15) is 0 Å². The van der Waals surface area contributed by atoms with E-state index in [1.165, 1.54) is 5.56 Å². The maximum absolute atomic E-state index is 6.05. The van der Waals surface area contributed by atoms with Crippen LogP contribution in [0.4, 0.5) is 0 Å². The number of hydrogen-bond acceptors (Lipinski definition) is 2. The average molecular weight is 201 g/mol. The lowest BCUT2D eigenvalue weighted by atomic mass is 10.1. The monoisotopic (exact) mass is 201 g/mol. The molecule has 0 saturated carbocycles. The Morgan fingerprint density at radius 2 is 1.87 bits per heavy atom. The van der Waals surface area contributed by atoms with Crippen LogP contribution in [0.2, 0.25) is 0 Å². The van der Waals surface area contributed by atoms with Gasteiger partial charge in [0.2, 0.25) is 0 Å². The predicted octanol–water partition coefficient (Wildman–Crippen LogP) is 2.83. The van der Waals surface area contributed by atoms with Gasteiger partial charge in [0.1, 0.15) is 11.5 Å². The first-order valence-corrected chi connectivity index (χ1v) is 5.11. The van der Waals surface area contributed by atoms with Gasteiger partial charge in [-0.25, -0.2) is 0 Å². The van der Waals surface area contributed by atoms with Crippen LogP contribution in [0.3, 0.4) is 0 Å². The summed E-state index contributed by atoms with van der Waals surface area (Å²) < 4.78 is 5.49. The summed E-state index contributed by atoms with van der Waals surface area (Å²) >= 11 is 0. The van der Waals surface area contributed by atoms with Crippen LogP contribution in [-0.2, 0) is 6.42 Å². The second-order valence-corrected chi connectivity index (χ2v) is 3.74. The van der Waals surface area contributed by atoms with Crippen molar-refractivity contribution in [3.63, 3.8) is 0 Å². The molecule has 2 heteroatoms. The van der Waals surface area contributed by atoms with Crippen LogP contribution in [0.5, 0.6) is 0 Å². The Morgan fingerprint density at radius 3 is 2.47 bits per heavy atom. The molecule has 2 nitrogen and oxygen atoms in total. The molecule has 0 aliphatic heterocycles. The fourth-order valence-corrected chi connectivity index (χ4v) is 1.62. The van der Waals surface area contributed by atoms with E-state index in [-0.39, 0.29) is 6.04 Å². The van der Waals surface area contributed by atoms with Crippen LogP contribution >= 0.6 is 0 Å². The van der Waals surface area contributed by atoms with Crippen LogP contribution < -0.4 is 5.73 Å². The quantitative estimate of drug-likeness (QED) is 0.829. The molecule has 78 valence electrons. The molecule has 0 amide bonds. The highest BCUT2D eigenvalue weighted by Crippen LogP contribution is 2.18. The molecule has 0 spiro atoms. The summed E-state index contributed by atoms with van der Waals surface area (Å²) in [6.07, 6.45) is 0.813. The first-order chi connectivity index (χ1) is 7.25. The molecule has 0 radical (unpaired) electrons. The number of furan rings is 1.